The molecule has 5 rings (SSSR count). The highest BCUT2D eigenvalue weighted by atomic mass is 16.1. The van der Waals surface area contributed by atoms with Gasteiger partial charge < -0.3 is 0 Å². The molecular weight excluding hydrogens is 292 g/mol. The molecule has 0 aliphatic heterocycles. The largest absolute Gasteiger partial charge is 0.299 e. The number of hydrogen-bond acceptors (Lipinski definition) is 1. The molecule has 5 atom stereocenters. The van der Waals surface area contributed by atoms with Crippen molar-refractivity contribution >= 4 is 5.78 Å². The highest BCUT2D eigenvalue weighted by Gasteiger charge is 2.59. The van der Waals surface area contributed by atoms with Crippen molar-refractivity contribution in [1.29, 1.82) is 0 Å². The lowest BCUT2D eigenvalue weighted by Crippen LogP contribution is -2.51. The van der Waals surface area contributed by atoms with Gasteiger partial charge in [0.2, 0.25) is 0 Å². The average Bonchev–Trinajstić information content (AvgIpc) is 2.81. The number of allylic oxidation sites excluding steroid dienone is 2. The molecule has 0 unspecified atom stereocenters. The van der Waals surface area contributed by atoms with Gasteiger partial charge in [0.1, 0.15) is 5.78 Å². The van der Waals surface area contributed by atoms with Crippen LogP contribution in [-0.4, -0.2) is 5.78 Å². The van der Waals surface area contributed by atoms with E-state index in [2.05, 4.69) is 13.8 Å². The molecule has 0 heterocycles. The minimum Gasteiger partial charge on any atom is -0.299 e. The van der Waals surface area contributed by atoms with Gasteiger partial charge in [-0.15, -0.1) is 0 Å². The van der Waals surface area contributed by atoms with E-state index in [-0.39, 0.29) is 5.41 Å². The molecule has 0 amide bonds. The van der Waals surface area contributed by atoms with Crippen molar-refractivity contribution in [1.82, 2.24) is 0 Å². The van der Waals surface area contributed by atoms with Crippen molar-refractivity contribution in [3.05, 3.63) is 11.1 Å². The van der Waals surface area contributed by atoms with Crippen LogP contribution in [0, 0.1) is 34.5 Å². The van der Waals surface area contributed by atoms with Gasteiger partial charge in [0.25, 0.3) is 0 Å². The minimum atomic E-state index is 0.0361. The first kappa shape index (κ1) is 15.6. The van der Waals surface area contributed by atoms with E-state index in [0.717, 1.165) is 24.2 Å². The van der Waals surface area contributed by atoms with E-state index in [0.29, 0.717) is 17.1 Å². The Kier molecular flexibility index (Phi) is 3.40. The third-order valence-corrected chi connectivity index (χ3v) is 9.47. The molecule has 0 aromatic carbocycles. The first-order valence-electron chi connectivity index (χ1n) is 10.8. The Morgan fingerprint density at radius 2 is 1.62 bits per heavy atom. The van der Waals surface area contributed by atoms with Crippen molar-refractivity contribution in [2.24, 2.45) is 34.5 Å². The molecule has 0 bridgehead atoms. The summed E-state index contributed by atoms with van der Waals surface area (Å²) in [6.07, 6.45) is 16.0. The number of ketones is 1. The Bertz CT molecular complexity index is 597. The van der Waals surface area contributed by atoms with Crippen LogP contribution in [0.4, 0.5) is 0 Å². The Balaban J connectivity index is 1.58. The molecule has 0 aromatic rings. The maximum absolute atomic E-state index is 12.6. The zero-order valence-electron chi connectivity index (χ0n) is 15.7. The maximum Gasteiger partial charge on any atom is 0.139 e. The summed E-state index contributed by atoms with van der Waals surface area (Å²) in [6.45, 7) is 4.96. The summed E-state index contributed by atoms with van der Waals surface area (Å²) >= 11 is 0. The number of rotatable bonds is 1. The van der Waals surface area contributed by atoms with Crippen LogP contribution >= 0.6 is 0 Å². The fourth-order valence-corrected chi connectivity index (χ4v) is 7.85. The lowest BCUT2D eigenvalue weighted by molar-refractivity contribution is -0.132. The van der Waals surface area contributed by atoms with Gasteiger partial charge in [0.05, 0.1) is 0 Å². The van der Waals surface area contributed by atoms with Gasteiger partial charge in [-0.1, -0.05) is 37.8 Å². The molecule has 1 heteroatoms. The molecule has 132 valence electrons. The van der Waals surface area contributed by atoms with E-state index in [1.807, 2.05) is 11.1 Å². The Morgan fingerprint density at radius 3 is 2.38 bits per heavy atom. The topological polar surface area (TPSA) is 17.1 Å². The van der Waals surface area contributed by atoms with Crippen molar-refractivity contribution < 1.29 is 4.79 Å². The third-order valence-electron chi connectivity index (χ3n) is 9.47. The zero-order chi connectivity index (χ0) is 16.5. The van der Waals surface area contributed by atoms with Crippen molar-refractivity contribution in [2.45, 2.75) is 90.9 Å². The quantitative estimate of drug-likeness (QED) is 0.534. The van der Waals surface area contributed by atoms with Crippen LogP contribution in [0.3, 0.4) is 0 Å². The van der Waals surface area contributed by atoms with Crippen LogP contribution < -0.4 is 0 Å². The monoisotopic (exact) mass is 326 g/mol. The van der Waals surface area contributed by atoms with Crippen LogP contribution in [0.5, 0.6) is 0 Å². The summed E-state index contributed by atoms with van der Waals surface area (Å²) in [5.74, 6) is 3.90. The first-order valence-corrected chi connectivity index (χ1v) is 10.8. The normalized spacial score (nSPS) is 48.6. The zero-order valence-corrected chi connectivity index (χ0v) is 15.7. The minimum absolute atomic E-state index is 0.0361. The van der Waals surface area contributed by atoms with Gasteiger partial charge in [-0.3, -0.25) is 4.79 Å². The Hall–Kier alpha value is -0.590. The molecule has 0 saturated heterocycles. The predicted molar refractivity (Wildman–Crippen MR) is 97.6 cm³/mol. The number of carbonyl (C=O) groups excluding carboxylic acids is 1. The molecule has 4 fully saturated rings. The first-order chi connectivity index (χ1) is 11.5. The molecule has 4 saturated carbocycles. The number of fused-ring (bicyclic) bond motifs is 5. The Labute approximate surface area is 147 Å². The molecule has 0 aromatic heterocycles. The lowest BCUT2D eigenvalue weighted by Gasteiger charge is -2.58. The molecule has 0 radical (unpaired) electrons. The fourth-order valence-electron chi connectivity index (χ4n) is 7.85. The number of hydrogen-bond donors (Lipinski definition) is 0. The van der Waals surface area contributed by atoms with Gasteiger partial charge >= 0.3 is 0 Å². The lowest BCUT2D eigenvalue weighted by atomic mass is 9.46. The second-order valence-electron chi connectivity index (χ2n) is 10.3. The molecule has 0 spiro atoms. The summed E-state index contributed by atoms with van der Waals surface area (Å²) in [7, 11) is 0. The molecule has 1 nitrogen and oxygen atoms in total. The van der Waals surface area contributed by atoms with E-state index >= 15 is 0 Å². The van der Waals surface area contributed by atoms with Gasteiger partial charge in [0, 0.05) is 11.8 Å². The fraction of sp³-hybridized carbons (Fsp3) is 0.870. The summed E-state index contributed by atoms with van der Waals surface area (Å²) in [4.78, 5) is 12.6. The van der Waals surface area contributed by atoms with Crippen molar-refractivity contribution in [3.8, 4) is 0 Å². The second-order valence-corrected chi connectivity index (χ2v) is 10.3. The number of carbonyl (C=O) groups is 1. The van der Waals surface area contributed by atoms with Gasteiger partial charge in [-0.05, 0) is 86.9 Å². The SMILES string of the molecule is C[C@]12CCCCC1=C(C1CCC1)C[C@@H]1[C@@H]2CC[C@]2(C)C(=O)CC[C@@H]12. The summed E-state index contributed by atoms with van der Waals surface area (Å²) < 4.78 is 0. The molecular formula is C23H34O. The van der Waals surface area contributed by atoms with Crippen LogP contribution in [0.15, 0.2) is 11.1 Å². The Morgan fingerprint density at radius 1 is 0.833 bits per heavy atom. The summed E-state index contributed by atoms with van der Waals surface area (Å²) in [5, 5.41) is 0. The van der Waals surface area contributed by atoms with Crippen molar-refractivity contribution in [2.75, 3.05) is 0 Å². The molecule has 5 aliphatic rings. The van der Waals surface area contributed by atoms with E-state index < -0.39 is 0 Å². The summed E-state index contributed by atoms with van der Waals surface area (Å²) in [6, 6.07) is 0. The standard InChI is InChI=1S/C23H34O/c1-22-12-4-3-8-18(22)16(15-6-5-7-15)14-17-19-9-10-21(24)23(19,2)13-11-20(17)22/h15,17,19-20H,3-14H2,1-2H3/t17-,19-,20-,22-,23-/m0/s1. The van der Waals surface area contributed by atoms with Crippen LogP contribution in [0.1, 0.15) is 90.9 Å². The molecule has 5 aliphatic carbocycles. The third kappa shape index (κ3) is 1.91. The molecule has 0 N–H and O–H groups in total. The van der Waals surface area contributed by atoms with Crippen LogP contribution in [0.2, 0.25) is 0 Å². The van der Waals surface area contributed by atoms with E-state index in [4.69, 9.17) is 0 Å². The predicted octanol–water partition coefficient (Wildman–Crippen LogP) is 6.08. The van der Waals surface area contributed by atoms with E-state index in [9.17, 15) is 4.79 Å². The van der Waals surface area contributed by atoms with Gasteiger partial charge in [-0.2, -0.15) is 0 Å². The van der Waals surface area contributed by atoms with E-state index in [1.165, 1.54) is 70.6 Å². The van der Waals surface area contributed by atoms with E-state index in [1.54, 1.807) is 0 Å². The highest BCUT2D eigenvalue weighted by molar-refractivity contribution is 5.87. The maximum atomic E-state index is 12.6. The second kappa shape index (κ2) is 5.21. The van der Waals surface area contributed by atoms with Crippen LogP contribution in [0.25, 0.3) is 0 Å². The van der Waals surface area contributed by atoms with Crippen LogP contribution in [-0.2, 0) is 4.79 Å². The van der Waals surface area contributed by atoms with Crippen molar-refractivity contribution in [3.63, 3.8) is 0 Å². The smallest absolute Gasteiger partial charge is 0.139 e. The highest BCUT2D eigenvalue weighted by Crippen LogP contribution is 2.66. The van der Waals surface area contributed by atoms with Gasteiger partial charge in [0.15, 0.2) is 0 Å². The molecule has 24 heavy (non-hydrogen) atoms. The summed E-state index contributed by atoms with van der Waals surface area (Å²) in [5.41, 5.74) is 4.36. The average molecular weight is 327 g/mol. The van der Waals surface area contributed by atoms with Gasteiger partial charge in [-0.25, -0.2) is 0 Å². The number of Topliss-reactive ketones (excluding diaryl/α,β-unsaturated/α-hetero) is 1.